The molecule has 0 unspecified atom stereocenters. The summed E-state index contributed by atoms with van der Waals surface area (Å²) in [6.07, 6.45) is 2.03. The minimum absolute atomic E-state index is 0.0129. The van der Waals surface area contributed by atoms with Crippen LogP contribution in [-0.2, 0) is 0 Å². The molecule has 0 aliphatic heterocycles. The van der Waals surface area contributed by atoms with E-state index in [1.165, 1.54) is 0 Å². The van der Waals surface area contributed by atoms with Gasteiger partial charge in [0.05, 0.1) is 10.6 Å². The second-order valence-electron chi connectivity index (χ2n) is 5.32. The van der Waals surface area contributed by atoms with E-state index in [1.54, 1.807) is 24.3 Å². The molecule has 0 spiro atoms. The number of nitrogens with zero attached hydrogens (tertiary/aromatic N) is 1. The molecular formula is C16H19BrClN5O3. The summed E-state index contributed by atoms with van der Waals surface area (Å²) in [6.45, 7) is 1.12. The summed E-state index contributed by atoms with van der Waals surface area (Å²) in [7, 11) is 0. The lowest BCUT2D eigenvalue weighted by Crippen LogP contribution is -2.28. The molecule has 2 amide bonds. The lowest BCUT2D eigenvalue weighted by molar-refractivity contribution is 0.102. The smallest absolute Gasteiger partial charge is 0.388 e. The molecule has 0 fully saturated rings. The lowest BCUT2D eigenvalue weighted by atomic mass is 10.2. The van der Waals surface area contributed by atoms with E-state index >= 15 is 0 Å². The Labute approximate surface area is 163 Å². The Morgan fingerprint density at radius 1 is 1.27 bits per heavy atom. The highest BCUT2D eigenvalue weighted by Gasteiger charge is 2.18. The molecule has 1 aromatic carbocycles. The Balaban J connectivity index is 1.90. The van der Waals surface area contributed by atoms with Gasteiger partial charge >= 0.3 is 6.09 Å². The van der Waals surface area contributed by atoms with Gasteiger partial charge in [-0.3, -0.25) is 9.89 Å². The topological polar surface area (TPSA) is 122 Å². The van der Waals surface area contributed by atoms with E-state index in [9.17, 15) is 9.59 Å². The van der Waals surface area contributed by atoms with Gasteiger partial charge in [-0.25, -0.2) is 4.79 Å². The number of ether oxygens (including phenoxy) is 1. The fraction of sp³-hybridized carbons (Fsp3) is 0.312. The maximum absolute atomic E-state index is 12.3. The molecule has 0 bridgehead atoms. The number of carbonyl (C=O) groups is 2. The van der Waals surface area contributed by atoms with Crippen LogP contribution in [0.5, 0.6) is 5.88 Å². The second-order valence-corrected chi connectivity index (χ2v) is 6.52. The lowest BCUT2D eigenvalue weighted by Gasteiger charge is -2.06. The van der Waals surface area contributed by atoms with Crippen LogP contribution in [0.3, 0.4) is 0 Å². The van der Waals surface area contributed by atoms with Crippen LogP contribution in [0.25, 0.3) is 0 Å². The third-order valence-corrected chi connectivity index (χ3v) is 4.44. The molecule has 0 radical (unpaired) electrons. The number of aromatic amines is 1. The number of hydrogen-bond donors (Lipinski definition) is 4. The minimum Gasteiger partial charge on any atom is -0.388 e. The summed E-state index contributed by atoms with van der Waals surface area (Å²) in [5.74, 6) is -0.157. The number of nitrogens with two attached hydrogens (primary N) is 1. The van der Waals surface area contributed by atoms with Crippen molar-refractivity contribution in [3.8, 4) is 5.88 Å². The molecule has 10 heteroatoms. The fourth-order valence-corrected chi connectivity index (χ4v) is 2.63. The van der Waals surface area contributed by atoms with Crippen molar-refractivity contribution in [1.82, 2.24) is 15.5 Å². The van der Waals surface area contributed by atoms with Crippen LogP contribution in [0.4, 0.5) is 10.6 Å². The monoisotopic (exact) mass is 443 g/mol. The molecule has 140 valence electrons. The van der Waals surface area contributed by atoms with Crippen molar-refractivity contribution in [1.29, 1.82) is 0 Å². The SMILES string of the molecule is NCCCCCNC(=O)Oc1n[nH]c(NC(=O)c2ccccc2Cl)c1Br. The van der Waals surface area contributed by atoms with Crippen molar-refractivity contribution >= 4 is 45.3 Å². The van der Waals surface area contributed by atoms with Gasteiger partial charge in [-0.2, -0.15) is 0 Å². The van der Waals surface area contributed by atoms with E-state index < -0.39 is 12.0 Å². The van der Waals surface area contributed by atoms with Crippen LogP contribution in [-0.4, -0.2) is 35.3 Å². The average Bonchev–Trinajstić information content (AvgIpc) is 2.95. The second kappa shape index (κ2) is 10.1. The summed E-state index contributed by atoms with van der Waals surface area (Å²) in [5, 5.41) is 12.0. The molecule has 0 saturated heterocycles. The van der Waals surface area contributed by atoms with E-state index in [2.05, 4.69) is 36.8 Å². The third-order valence-electron chi connectivity index (χ3n) is 3.37. The number of hydrogen-bond acceptors (Lipinski definition) is 5. The minimum atomic E-state index is -0.631. The highest BCUT2D eigenvalue weighted by atomic mass is 79.9. The molecule has 1 heterocycles. The van der Waals surface area contributed by atoms with Gasteiger partial charge in [0.2, 0.25) is 0 Å². The van der Waals surface area contributed by atoms with Crippen molar-refractivity contribution in [2.24, 2.45) is 5.73 Å². The molecule has 2 aromatic rings. The van der Waals surface area contributed by atoms with Crippen molar-refractivity contribution in [2.75, 3.05) is 18.4 Å². The summed E-state index contributed by atoms with van der Waals surface area (Å²) in [4.78, 5) is 24.0. The van der Waals surface area contributed by atoms with Crippen LogP contribution in [0.2, 0.25) is 5.02 Å². The maximum Gasteiger partial charge on any atom is 0.414 e. The van der Waals surface area contributed by atoms with E-state index in [1.807, 2.05) is 0 Å². The Hall–Kier alpha value is -2.10. The highest BCUT2D eigenvalue weighted by Crippen LogP contribution is 2.30. The quantitative estimate of drug-likeness (QED) is 0.465. The van der Waals surface area contributed by atoms with Gasteiger partial charge in [-0.1, -0.05) is 30.2 Å². The van der Waals surface area contributed by atoms with Crippen LogP contribution in [0.15, 0.2) is 28.7 Å². The van der Waals surface area contributed by atoms with Gasteiger partial charge in [-0.15, -0.1) is 5.10 Å². The normalized spacial score (nSPS) is 10.4. The van der Waals surface area contributed by atoms with E-state index in [0.29, 0.717) is 28.1 Å². The van der Waals surface area contributed by atoms with Crippen LogP contribution < -0.4 is 21.1 Å². The summed E-state index contributed by atoms with van der Waals surface area (Å²) in [5.41, 5.74) is 5.72. The van der Waals surface area contributed by atoms with E-state index in [0.717, 1.165) is 19.3 Å². The summed E-state index contributed by atoms with van der Waals surface area (Å²) >= 11 is 9.24. The molecule has 8 nitrogen and oxygen atoms in total. The average molecular weight is 445 g/mol. The number of carbonyl (C=O) groups excluding carboxylic acids is 2. The van der Waals surface area contributed by atoms with Crippen molar-refractivity contribution in [2.45, 2.75) is 19.3 Å². The molecule has 5 N–H and O–H groups in total. The van der Waals surface area contributed by atoms with Crippen molar-refractivity contribution in [3.63, 3.8) is 0 Å². The highest BCUT2D eigenvalue weighted by molar-refractivity contribution is 9.10. The van der Waals surface area contributed by atoms with Crippen LogP contribution in [0, 0.1) is 0 Å². The number of amides is 2. The van der Waals surface area contributed by atoms with E-state index in [-0.39, 0.29) is 11.7 Å². The first-order valence-electron chi connectivity index (χ1n) is 7.98. The third kappa shape index (κ3) is 5.72. The number of aromatic nitrogens is 2. The number of anilines is 1. The predicted molar refractivity (Wildman–Crippen MR) is 103 cm³/mol. The number of unbranched alkanes of at least 4 members (excludes halogenated alkanes) is 2. The Morgan fingerprint density at radius 3 is 2.77 bits per heavy atom. The molecule has 26 heavy (non-hydrogen) atoms. The molecule has 0 atom stereocenters. The van der Waals surface area contributed by atoms with Gasteiger partial charge in [0.1, 0.15) is 10.3 Å². The van der Waals surface area contributed by atoms with Gasteiger partial charge in [-0.05, 0) is 47.4 Å². The molecule has 1 aromatic heterocycles. The Kier molecular flexibility index (Phi) is 7.89. The standard InChI is InChI=1S/C16H19BrClN5O3/c17-12-13(21-14(24)10-6-2-3-7-11(10)18)22-23-15(12)26-16(25)20-9-5-1-4-8-19/h2-3,6-7H,1,4-5,8-9,19H2,(H,20,25)(H2,21,22,23,24). The number of halogens is 2. The van der Waals surface area contributed by atoms with Crippen LogP contribution >= 0.6 is 27.5 Å². The van der Waals surface area contributed by atoms with Crippen molar-refractivity contribution < 1.29 is 14.3 Å². The van der Waals surface area contributed by atoms with Crippen molar-refractivity contribution in [3.05, 3.63) is 39.3 Å². The maximum atomic E-state index is 12.3. The summed E-state index contributed by atoms with van der Waals surface area (Å²) in [6, 6.07) is 6.64. The zero-order chi connectivity index (χ0) is 18.9. The van der Waals surface area contributed by atoms with E-state index in [4.69, 9.17) is 22.1 Å². The number of benzene rings is 1. The zero-order valence-electron chi connectivity index (χ0n) is 13.9. The molecule has 0 aliphatic carbocycles. The molecular weight excluding hydrogens is 426 g/mol. The number of H-pyrrole nitrogens is 1. The first-order chi connectivity index (χ1) is 12.5. The van der Waals surface area contributed by atoms with Gasteiger partial charge in [0.15, 0.2) is 0 Å². The fourth-order valence-electron chi connectivity index (χ4n) is 2.05. The largest absolute Gasteiger partial charge is 0.414 e. The summed E-state index contributed by atoms with van der Waals surface area (Å²) < 4.78 is 5.42. The van der Waals surface area contributed by atoms with Gasteiger partial charge in [0.25, 0.3) is 11.8 Å². The first kappa shape index (κ1) is 20.2. The molecule has 0 aliphatic rings. The predicted octanol–water partition coefficient (Wildman–Crippen LogP) is 3.30. The Morgan fingerprint density at radius 2 is 2.04 bits per heavy atom. The zero-order valence-corrected chi connectivity index (χ0v) is 16.2. The van der Waals surface area contributed by atoms with Crippen LogP contribution in [0.1, 0.15) is 29.6 Å². The first-order valence-corrected chi connectivity index (χ1v) is 9.15. The van der Waals surface area contributed by atoms with Gasteiger partial charge < -0.3 is 21.1 Å². The van der Waals surface area contributed by atoms with Gasteiger partial charge in [0, 0.05) is 6.54 Å². The number of rotatable bonds is 8. The Bertz CT molecular complexity index is 768. The molecule has 0 saturated carbocycles. The molecule has 2 rings (SSSR count). The number of nitrogens with one attached hydrogen (secondary N) is 3.